The van der Waals surface area contributed by atoms with Gasteiger partial charge >= 0.3 is 0 Å². The summed E-state index contributed by atoms with van der Waals surface area (Å²) in [6.45, 7) is 4.84. The van der Waals surface area contributed by atoms with Gasteiger partial charge in [0, 0.05) is 18.2 Å². The van der Waals surface area contributed by atoms with Crippen LogP contribution in [0.2, 0.25) is 0 Å². The minimum Gasteiger partial charge on any atom is -0.282 e. The highest BCUT2D eigenvalue weighted by Gasteiger charge is 2.18. The molecular weight excluding hydrogens is 214 g/mol. The van der Waals surface area contributed by atoms with Crippen LogP contribution in [-0.4, -0.2) is 17.3 Å². The van der Waals surface area contributed by atoms with E-state index in [1.54, 1.807) is 0 Å². The van der Waals surface area contributed by atoms with Crippen LogP contribution in [0.3, 0.4) is 0 Å². The van der Waals surface area contributed by atoms with Crippen molar-refractivity contribution in [3.63, 3.8) is 0 Å². The summed E-state index contributed by atoms with van der Waals surface area (Å²) in [7, 11) is 0. The van der Waals surface area contributed by atoms with E-state index in [-0.39, 0.29) is 0 Å². The first-order valence-electron chi connectivity index (χ1n) is 5.72. The summed E-state index contributed by atoms with van der Waals surface area (Å²) in [5.41, 5.74) is 1.39. The maximum Gasteiger partial charge on any atom is 0.0714 e. The lowest BCUT2D eigenvalue weighted by atomic mass is 9.97. The lowest BCUT2D eigenvalue weighted by Crippen LogP contribution is -2.12. The van der Waals surface area contributed by atoms with Crippen LogP contribution in [0.4, 0.5) is 0 Å². The minimum absolute atomic E-state index is 0.535. The number of hydrogen-bond acceptors (Lipinski definition) is 2. The Morgan fingerprint density at radius 3 is 2.81 bits per heavy atom. The van der Waals surface area contributed by atoms with Gasteiger partial charge in [0.25, 0.3) is 0 Å². The molecule has 1 aliphatic rings. The first-order chi connectivity index (χ1) is 7.90. The van der Waals surface area contributed by atoms with Gasteiger partial charge in [0.05, 0.1) is 5.04 Å². The normalized spacial score (nSPS) is 16.9. The molecule has 1 aromatic rings. The molecule has 1 unspecified atom stereocenters. The van der Waals surface area contributed by atoms with Crippen LogP contribution in [-0.2, 0) is 6.42 Å². The Hall–Kier alpha value is -1.02. The molecule has 0 N–H and O–H groups in total. The molecule has 0 bridgehead atoms. The van der Waals surface area contributed by atoms with Crippen molar-refractivity contribution in [1.29, 1.82) is 0 Å². The third-order valence-electron chi connectivity index (χ3n) is 2.73. The maximum absolute atomic E-state index is 4.58. The summed E-state index contributed by atoms with van der Waals surface area (Å²) >= 11 is 1.91. The van der Waals surface area contributed by atoms with Gasteiger partial charge in [0.15, 0.2) is 0 Å². The van der Waals surface area contributed by atoms with Gasteiger partial charge in [0.1, 0.15) is 0 Å². The number of hydrogen-bond donors (Lipinski definition) is 0. The Labute approximate surface area is 102 Å². The summed E-state index contributed by atoms with van der Waals surface area (Å²) in [6, 6.07) is 10.6. The average Bonchev–Trinajstić information content (AvgIpc) is 2.83. The molecule has 0 fully saturated rings. The minimum atomic E-state index is 0.535. The Morgan fingerprint density at radius 2 is 2.19 bits per heavy atom. The number of aliphatic imine (C=N–C) groups is 1. The van der Waals surface area contributed by atoms with Crippen LogP contribution in [0.5, 0.6) is 0 Å². The highest BCUT2D eigenvalue weighted by Crippen LogP contribution is 2.24. The topological polar surface area (TPSA) is 12.4 Å². The van der Waals surface area contributed by atoms with E-state index in [0.29, 0.717) is 5.92 Å². The van der Waals surface area contributed by atoms with E-state index in [1.165, 1.54) is 10.6 Å². The predicted octanol–water partition coefficient (Wildman–Crippen LogP) is 3.57. The van der Waals surface area contributed by atoms with Crippen LogP contribution in [0, 0.1) is 5.92 Å². The van der Waals surface area contributed by atoms with E-state index in [2.05, 4.69) is 41.9 Å². The molecule has 84 valence electrons. The number of nitrogens with zero attached hydrogens (tertiary/aromatic N) is 1. The molecule has 1 aromatic carbocycles. The summed E-state index contributed by atoms with van der Waals surface area (Å²) < 4.78 is 0. The SMILES string of the molecule is C=CCC(Cc1ccccc1)C1=NCCS1. The lowest BCUT2D eigenvalue weighted by Gasteiger charge is -2.14. The lowest BCUT2D eigenvalue weighted by molar-refractivity contribution is 0.709. The second-order valence-corrected chi connectivity index (χ2v) is 5.09. The van der Waals surface area contributed by atoms with Gasteiger partial charge in [-0.15, -0.1) is 18.3 Å². The molecule has 0 aliphatic carbocycles. The van der Waals surface area contributed by atoms with E-state index >= 15 is 0 Å². The van der Waals surface area contributed by atoms with Crippen LogP contribution < -0.4 is 0 Å². The van der Waals surface area contributed by atoms with Crippen molar-refractivity contribution >= 4 is 16.8 Å². The molecule has 2 rings (SSSR count). The van der Waals surface area contributed by atoms with Crippen LogP contribution in [0.1, 0.15) is 12.0 Å². The molecule has 0 spiro atoms. The van der Waals surface area contributed by atoms with Crippen LogP contribution in [0.15, 0.2) is 48.0 Å². The molecule has 16 heavy (non-hydrogen) atoms. The molecule has 0 saturated heterocycles. The molecule has 0 radical (unpaired) electrons. The Bertz CT molecular complexity index is 370. The zero-order valence-corrected chi connectivity index (χ0v) is 10.2. The van der Waals surface area contributed by atoms with Crippen molar-refractivity contribution in [3.05, 3.63) is 48.6 Å². The number of rotatable bonds is 5. The molecule has 0 saturated carbocycles. The molecule has 2 heteroatoms. The smallest absolute Gasteiger partial charge is 0.0714 e. The fourth-order valence-corrected chi connectivity index (χ4v) is 2.96. The number of benzene rings is 1. The third kappa shape index (κ3) is 2.99. The largest absolute Gasteiger partial charge is 0.282 e. The Morgan fingerprint density at radius 1 is 1.38 bits per heavy atom. The van der Waals surface area contributed by atoms with Crippen LogP contribution in [0.25, 0.3) is 0 Å². The van der Waals surface area contributed by atoms with Crippen molar-refractivity contribution in [1.82, 2.24) is 0 Å². The molecule has 1 atom stereocenters. The van der Waals surface area contributed by atoms with Crippen molar-refractivity contribution < 1.29 is 0 Å². The first kappa shape index (κ1) is 11.5. The average molecular weight is 231 g/mol. The molecule has 1 nitrogen and oxygen atoms in total. The van der Waals surface area contributed by atoms with E-state index < -0.39 is 0 Å². The number of allylic oxidation sites excluding steroid dienone is 1. The summed E-state index contributed by atoms with van der Waals surface area (Å²) in [5, 5.41) is 1.32. The summed E-state index contributed by atoms with van der Waals surface area (Å²) in [6.07, 6.45) is 4.12. The quantitative estimate of drug-likeness (QED) is 0.706. The van der Waals surface area contributed by atoms with E-state index in [1.807, 2.05) is 17.8 Å². The van der Waals surface area contributed by atoms with Gasteiger partial charge < -0.3 is 0 Å². The summed E-state index contributed by atoms with van der Waals surface area (Å²) in [4.78, 5) is 4.58. The van der Waals surface area contributed by atoms with Gasteiger partial charge in [-0.05, 0) is 18.4 Å². The Kier molecular flexibility index (Phi) is 4.23. The molecular formula is C14H17NS. The molecule has 1 aliphatic heterocycles. The van der Waals surface area contributed by atoms with Crippen molar-refractivity contribution in [3.8, 4) is 0 Å². The monoisotopic (exact) mass is 231 g/mol. The van der Waals surface area contributed by atoms with Gasteiger partial charge in [-0.1, -0.05) is 36.4 Å². The van der Waals surface area contributed by atoms with E-state index in [0.717, 1.165) is 25.1 Å². The van der Waals surface area contributed by atoms with Crippen molar-refractivity contribution in [2.75, 3.05) is 12.3 Å². The second-order valence-electron chi connectivity index (χ2n) is 3.98. The van der Waals surface area contributed by atoms with Gasteiger partial charge in [0.2, 0.25) is 0 Å². The summed E-state index contributed by atoms with van der Waals surface area (Å²) in [5.74, 6) is 1.69. The van der Waals surface area contributed by atoms with Crippen molar-refractivity contribution in [2.24, 2.45) is 10.9 Å². The highest BCUT2D eigenvalue weighted by molar-refractivity contribution is 8.14. The zero-order chi connectivity index (χ0) is 11.2. The van der Waals surface area contributed by atoms with Gasteiger partial charge in [-0.2, -0.15) is 0 Å². The highest BCUT2D eigenvalue weighted by atomic mass is 32.2. The molecule has 0 aromatic heterocycles. The fraction of sp³-hybridized carbons (Fsp3) is 0.357. The first-order valence-corrected chi connectivity index (χ1v) is 6.70. The Balaban J connectivity index is 2.05. The van der Waals surface area contributed by atoms with Gasteiger partial charge in [-0.3, -0.25) is 4.99 Å². The zero-order valence-electron chi connectivity index (χ0n) is 9.43. The standard InChI is InChI=1S/C14H17NS/c1-2-6-13(14-15-9-10-16-14)11-12-7-4-3-5-8-12/h2-5,7-8,13H,1,6,9-11H2. The predicted molar refractivity (Wildman–Crippen MR) is 73.2 cm³/mol. The van der Waals surface area contributed by atoms with E-state index in [9.17, 15) is 0 Å². The molecule has 1 heterocycles. The van der Waals surface area contributed by atoms with Gasteiger partial charge in [-0.25, -0.2) is 0 Å². The molecule has 0 amide bonds. The maximum atomic E-state index is 4.58. The van der Waals surface area contributed by atoms with Crippen molar-refractivity contribution in [2.45, 2.75) is 12.8 Å². The van der Waals surface area contributed by atoms with Crippen LogP contribution >= 0.6 is 11.8 Å². The fourth-order valence-electron chi connectivity index (χ4n) is 1.97. The number of thioether (sulfide) groups is 1. The van der Waals surface area contributed by atoms with E-state index in [4.69, 9.17) is 0 Å². The third-order valence-corrected chi connectivity index (χ3v) is 3.88. The second kappa shape index (κ2) is 5.90.